The van der Waals surface area contributed by atoms with Crippen molar-refractivity contribution in [3.8, 4) is 0 Å². The van der Waals surface area contributed by atoms with Crippen molar-refractivity contribution >= 4 is 5.97 Å². The first-order valence-electron chi connectivity index (χ1n) is 3.43. The van der Waals surface area contributed by atoms with Crippen LogP contribution in [0.25, 0.3) is 0 Å². The van der Waals surface area contributed by atoms with Gasteiger partial charge >= 0.3 is 5.97 Å². The zero-order valence-electron chi connectivity index (χ0n) is 7.09. The Bertz CT molecular complexity index is 134. The van der Waals surface area contributed by atoms with E-state index in [2.05, 4.69) is 0 Å². The molecule has 1 atom stereocenters. The third-order valence-corrected chi connectivity index (χ3v) is 1.48. The number of ether oxygens (including phenoxy) is 2. The van der Waals surface area contributed by atoms with E-state index in [9.17, 15) is 4.79 Å². The van der Waals surface area contributed by atoms with Crippen LogP contribution < -0.4 is 0 Å². The van der Waals surface area contributed by atoms with Gasteiger partial charge in [-0.25, -0.2) is 4.79 Å². The van der Waals surface area contributed by atoms with E-state index in [0.717, 1.165) is 0 Å². The zero-order chi connectivity index (χ0) is 8.91. The summed E-state index contributed by atoms with van der Waals surface area (Å²) < 4.78 is 9.72. The summed E-state index contributed by atoms with van der Waals surface area (Å²) in [4.78, 5) is 10.6. The second-order valence-electron chi connectivity index (χ2n) is 2.38. The van der Waals surface area contributed by atoms with Gasteiger partial charge in [0, 0.05) is 13.7 Å². The maximum absolute atomic E-state index is 10.6. The Morgan fingerprint density at radius 1 is 1.64 bits per heavy atom. The average molecular weight is 162 g/mol. The molecule has 0 aliphatic rings. The number of carboxylic acids is 1. The van der Waals surface area contributed by atoms with Gasteiger partial charge in [0.2, 0.25) is 0 Å². The van der Waals surface area contributed by atoms with Crippen LogP contribution in [0.3, 0.4) is 0 Å². The Hall–Kier alpha value is -0.610. The van der Waals surface area contributed by atoms with Crippen LogP contribution in [0.1, 0.15) is 13.8 Å². The lowest BCUT2D eigenvalue weighted by molar-refractivity contribution is -0.166. The Balaban J connectivity index is 3.99. The van der Waals surface area contributed by atoms with E-state index in [0.29, 0.717) is 6.61 Å². The molecular formula is C7H14O4. The molecule has 1 N–H and O–H groups in total. The van der Waals surface area contributed by atoms with Crippen LogP contribution in [0.4, 0.5) is 0 Å². The molecule has 4 nitrogen and oxygen atoms in total. The second-order valence-corrected chi connectivity index (χ2v) is 2.38. The Morgan fingerprint density at radius 2 is 2.18 bits per heavy atom. The summed E-state index contributed by atoms with van der Waals surface area (Å²) in [5, 5.41) is 8.65. The van der Waals surface area contributed by atoms with Gasteiger partial charge in [-0.1, -0.05) is 0 Å². The Morgan fingerprint density at radius 3 is 2.45 bits per heavy atom. The normalized spacial score (nSPS) is 15.9. The highest BCUT2D eigenvalue weighted by Crippen LogP contribution is 2.09. The first kappa shape index (κ1) is 10.4. The van der Waals surface area contributed by atoms with E-state index in [1.54, 1.807) is 6.92 Å². The van der Waals surface area contributed by atoms with Gasteiger partial charge in [-0.3, -0.25) is 0 Å². The summed E-state index contributed by atoms with van der Waals surface area (Å²) >= 11 is 0. The first-order valence-corrected chi connectivity index (χ1v) is 3.43. The fourth-order valence-corrected chi connectivity index (χ4v) is 0.505. The van der Waals surface area contributed by atoms with Gasteiger partial charge in [-0.2, -0.15) is 0 Å². The van der Waals surface area contributed by atoms with E-state index >= 15 is 0 Å². The van der Waals surface area contributed by atoms with E-state index in [1.807, 2.05) is 0 Å². The van der Waals surface area contributed by atoms with E-state index in [4.69, 9.17) is 14.6 Å². The lowest BCUT2D eigenvalue weighted by atomic mass is 10.1. The summed E-state index contributed by atoms with van der Waals surface area (Å²) in [5.41, 5.74) is -1.21. The highest BCUT2D eigenvalue weighted by atomic mass is 16.6. The van der Waals surface area contributed by atoms with E-state index in [-0.39, 0.29) is 6.61 Å². The number of methoxy groups -OCH3 is 1. The molecular weight excluding hydrogens is 148 g/mol. The van der Waals surface area contributed by atoms with E-state index in [1.165, 1.54) is 14.0 Å². The molecule has 0 aromatic carbocycles. The molecule has 0 rings (SSSR count). The van der Waals surface area contributed by atoms with Gasteiger partial charge in [0.25, 0.3) is 0 Å². The fraction of sp³-hybridized carbons (Fsp3) is 0.857. The van der Waals surface area contributed by atoms with Gasteiger partial charge in [0.1, 0.15) is 0 Å². The van der Waals surface area contributed by atoms with Crippen molar-refractivity contribution < 1.29 is 19.4 Å². The summed E-state index contributed by atoms with van der Waals surface area (Å²) in [5.74, 6) is -1.01. The minimum atomic E-state index is -1.21. The predicted molar refractivity (Wildman–Crippen MR) is 39.5 cm³/mol. The molecule has 0 saturated heterocycles. The molecule has 0 spiro atoms. The lowest BCUT2D eigenvalue weighted by Gasteiger charge is -2.22. The van der Waals surface area contributed by atoms with Gasteiger partial charge in [0.05, 0.1) is 6.61 Å². The van der Waals surface area contributed by atoms with Crippen LogP contribution in [0.2, 0.25) is 0 Å². The van der Waals surface area contributed by atoms with Crippen molar-refractivity contribution in [3.63, 3.8) is 0 Å². The van der Waals surface area contributed by atoms with Crippen molar-refractivity contribution in [3.05, 3.63) is 0 Å². The third-order valence-electron chi connectivity index (χ3n) is 1.48. The van der Waals surface area contributed by atoms with Crippen LogP contribution in [0, 0.1) is 0 Å². The van der Waals surface area contributed by atoms with Crippen molar-refractivity contribution in [1.29, 1.82) is 0 Å². The fourth-order valence-electron chi connectivity index (χ4n) is 0.505. The molecule has 0 aromatic heterocycles. The van der Waals surface area contributed by atoms with Crippen molar-refractivity contribution in [2.24, 2.45) is 0 Å². The summed E-state index contributed by atoms with van der Waals surface area (Å²) in [6, 6.07) is 0. The van der Waals surface area contributed by atoms with Crippen LogP contribution >= 0.6 is 0 Å². The van der Waals surface area contributed by atoms with E-state index < -0.39 is 11.6 Å². The topological polar surface area (TPSA) is 55.8 Å². The summed E-state index contributed by atoms with van der Waals surface area (Å²) in [6.07, 6.45) is 0. The quantitative estimate of drug-likeness (QED) is 0.640. The summed E-state index contributed by atoms with van der Waals surface area (Å²) in [6.45, 7) is 3.85. The molecule has 0 fully saturated rings. The first-order chi connectivity index (χ1) is 5.06. The predicted octanol–water partition coefficient (Wildman–Crippen LogP) is 0.513. The van der Waals surface area contributed by atoms with Crippen molar-refractivity contribution in [2.75, 3.05) is 20.3 Å². The zero-order valence-corrected chi connectivity index (χ0v) is 7.09. The minimum Gasteiger partial charge on any atom is -0.479 e. The smallest absolute Gasteiger partial charge is 0.338 e. The van der Waals surface area contributed by atoms with Crippen LogP contribution in [0.5, 0.6) is 0 Å². The number of aliphatic carboxylic acids is 1. The highest BCUT2D eigenvalue weighted by Gasteiger charge is 2.32. The number of carbonyl (C=O) groups is 1. The number of hydrogen-bond acceptors (Lipinski definition) is 3. The average Bonchev–Trinajstić information content (AvgIpc) is 2.00. The standard InChI is InChI=1S/C7H14O4/c1-4-11-5-7(2,10-3)6(8)9/h4-5H2,1-3H3,(H,8,9). The van der Waals surface area contributed by atoms with Crippen molar-refractivity contribution in [1.82, 2.24) is 0 Å². The summed E-state index contributed by atoms with van der Waals surface area (Å²) in [7, 11) is 1.35. The molecule has 0 aliphatic carbocycles. The van der Waals surface area contributed by atoms with Crippen LogP contribution in [-0.2, 0) is 14.3 Å². The number of hydrogen-bond donors (Lipinski definition) is 1. The molecule has 0 bridgehead atoms. The third kappa shape index (κ3) is 2.86. The molecule has 66 valence electrons. The molecule has 1 unspecified atom stereocenters. The maximum Gasteiger partial charge on any atom is 0.338 e. The maximum atomic E-state index is 10.6. The van der Waals surface area contributed by atoms with Crippen LogP contribution in [0.15, 0.2) is 0 Å². The molecule has 0 aliphatic heterocycles. The number of carboxylic acid groups (broad SMARTS) is 1. The van der Waals surface area contributed by atoms with Crippen molar-refractivity contribution in [2.45, 2.75) is 19.4 Å². The largest absolute Gasteiger partial charge is 0.479 e. The Labute approximate surface area is 66.1 Å². The molecule has 4 heteroatoms. The molecule has 0 saturated carbocycles. The molecule has 0 radical (unpaired) electrons. The monoisotopic (exact) mass is 162 g/mol. The Kier molecular flexibility index (Phi) is 4.07. The van der Waals surface area contributed by atoms with Gasteiger partial charge < -0.3 is 14.6 Å². The van der Waals surface area contributed by atoms with Gasteiger partial charge in [-0.05, 0) is 13.8 Å². The molecule has 0 aromatic rings. The van der Waals surface area contributed by atoms with Crippen LogP contribution in [-0.4, -0.2) is 37.0 Å². The number of rotatable bonds is 5. The second kappa shape index (κ2) is 4.31. The minimum absolute atomic E-state index is 0.0787. The molecule has 0 heterocycles. The highest BCUT2D eigenvalue weighted by molar-refractivity contribution is 5.77. The molecule has 0 amide bonds. The van der Waals surface area contributed by atoms with Gasteiger partial charge in [-0.15, -0.1) is 0 Å². The van der Waals surface area contributed by atoms with Gasteiger partial charge in [0.15, 0.2) is 5.60 Å². The molecule has 11 heavy (non-hydrogen) atoms. The SMILES string of the molecule is CCOCC(C)(OC)C(=O)O. The lowest BCUT2D eigenvalue weighted by Crippen LogP contribution is -2.42.